The highest BCUT2D eigenvalue weighted by Gasteiger charge is 2.32. The monoisotopic (exact) mass is 1520 g/mol. The molecule has 548 valence electrons. The van der Waals surface area contributed by atoms with Gasteiger partial charge in [-0.15, -0.1) is 0 Å². The summed E-state index contributed by atoms with van der Waals surface area (Å²) in [6, 6.07) is 39.8. The zero-order chi connectivity index (χ0) is 74.0. The predicted molar refractivity (Wildman–Crippen MR) is 432 cm³/mol. The van der Waals surface area contributed by atoms with E-state index < -0.39 is 21.4 Å². The van der Waals surface area contributed by atoms with Crippen LogP contribution in [-0.2, 0) is 13.7 Å². The number of halogens is 3. The van der Waals surface area contributed by atoms with E-state index in [-0.39, 0.29) is 5.78 Å². The van der Waals surface area contributed by atoms with Gasteiger partial charge in [0.15, 0.2) is 23.2 Å². The van der Waals surface area contributed by atoms with Crippen molar-refractivity contribution in [2.45, 2.75) is 71.4 Å². The molecule has 0 spiro atoms. The second-order valence-corrected chi connectivity index (χ2v) is 38.4. The van der Waals surface area contributed by atoms with Gasteiger partial charge >= 0.3 is 0 Å². The number of anilines is 14. The topological polar surface area (TPSA) is 249 Å². The molecule has 4 aliphatic heterocycles. The molecule has 0 amide bonds. The van der Waals surface area contributed by atoms with Crippen molar-refractivity contribution in [2.24, 2.45) is 0 Å². The van der Waals surface area contributed by atoms with Gasteiger partial charge < -0.3 is 69.8 Å². The van der Waals surface area contributed by atoms with Crippen molar-refractivity contribution in [2.75, 3.05) is 148 Å². The molecule has 0 aliphatic carbocycles. The van der Waals surface area contributed by atoms with Gasteiger partial charge in [0.05, 0.1) is 55.6 Å². The number of aryl methyl sites for hydroxylation is 2. The van der Waals surface area contributed by atoms with Crippen LogP contribution in [0.1, 0.15) is 66.9 Å². The fourth-order valence-corrected chi connectivity index (χ4v) is 17.0. The second kappa shape index (κ2) is 33.9. The van der Waals surface area contributed by atoms with Crippen LogP contribution in [0.4, 0.5) is 80.8 Å². The number of hydrogen-bond acceptors (Lipinski definition) is 22. The molecule has 6 N–H and O–H groups in total. The molecule has 7 heterocycles. The van der Waals surface area contributed by atoms with E-state index in [9.17, 15) is 18.5 Å². The lowest BCUT2D eigenvalue weighted by molar-refractivity contribution is 0.101. The van der Waals surface area contributed by atoms with Crippen LogP contribution in [0.5, 0.6) is 11.5 Å². The smallest absolute Gasteiger partial charge is 0.229 e. The van der Waals surface area contributed by atoms with Gasteiger partial charge in [0.2, 0.25) is 17.8 Å². The number of Topliss-reactive ketones (excluding diaryl/α,β-unsaturated/α-hetero) is 1. The number of nitrogens with one attached hydrogen (secondary N) is 6. The lowest BCUT2D eigenvalue weighted by atomic mass is 10.0. The molecule has 6 aromatic carbocycles. The second-order valence-electron chi connectivity index (χ2n) is 27.6. The molecule has 0 bridgehead atoms. The number of methoxy groups -OCH3 is 2. The number of piperazine rings is 1. The van der Waals surface area contributed by atoms with Gasteiger partial charge in [-0.25, -0.2) is 15.0 Å². The van der Waals surface area contributed by atoms with Gasteiger partial charge in [-0.1, -0.05) is 59.1 Å². The molecule has 4 saturated heterocycles. The van der Waals surface area contributed by atoms with Gasteiger partial charge in [0.25, 0.3) is 0 Å². The van der Waals surface area contributed by atoms with Gasteiger partial charge in [-0.05, 0) is 221 Å². The SMILES string of the molecule is COc1cc(C(C)=O)ccc1Nc1nc(Nc2ccc(P(C)(C)=O)cc2C)ncc1Cl.COc1cc(N2CCC(N3CCCC3)CC2)ccc1Nc1ncc(Cl)c(Nc2ccccc2P(C)(C)=O)n1.Cc1cc(N2CCN3CCCC3C2)ccc1Nc1ncc(Cl)c(Nc2ccccc2P(C)(C)=O)n1. The van der Waals surface area contributed by atoms with E-state index in [1.54, 1.807) is 77.7 Å². The fourth-order valence-electron chi connectivity index (χ4n) is 13.3. The zero-order valence-electron chi connectivity index (χ0n) is 60.7. The van der Waals surface area contributed by atoms with Crippen LogP contribution < -0.4 is 67.1 Å². The summed E-state index contributed by atoms with van der Waals surface area (Å²) in [6.07, 6.45) is 12.3. The number of likely N-dealkylation sites (tertiary alicyclic amines) is 1. The van der Waals surface area contributed by atoms with E-state index >= 15 is 0 Å². The van der Waals surface area contributed by atoms with Gasteiger partial charge in [0, 0.05) is 95.1 Å². The molecule has 4 aliphatic rings. The number of fused-ring (bicyclic) bond motifs is 1. The van der Waals surface area contributed by atoms with Crippen molar-refractivity contribution in [3.8, 4) is 11.5 Å². The summed E-state index contributed by atoms with van der Waals surface area (Å²) >= 11 is 19.1. The molecule has 9 aromatic rings. The van der Waals surface area contributed by atoms with Crippen LogP contribution in [0.3, 0.4) is 0 Å². The van der Waals surface area contributed by atoms with E-state index in [0.29, 0.717) is 79.1 Å². The summed E-state index contributed by atoms with van der Waals surface area (Å²) in [5, 5.41) is 22.8. The first-order chi connectivity index (χ1) is 49.7. The molecule has 28 heteroatoms. The maximum absolute atomic E-state index is 12.8. The van der Waals surface area contributed by atoms with E-state index in [1.807, 2.05) is 79.7 Å². The highest BCUT2D eigenvalue weighted by Crippen LogP contribution is 2.42. The van der Waals surface area contributed by atoms with Crippen LogP contribution in [0.2, 0.25) is 15.1 Å². The van der Waals surface area contributed by atoms with Crippen LogP contribution in [0, 0.1) is 13.8 Å². The first-order valence-corrected chi connectivity index (χ1v) is 43.7. The third kappa shape index (κ3) is 19.6. The first-order valence-electron chi connectivity index (χ1n) is 34.8. The highest BCUT2D eigenvalue weighted by atomic mass is 35.5. The summed E-state index contributed by atoms with van der Waals surface area (Å²) in [7, 11) is -4.12. The lowest BCUT2D eigenvalue weighted by Crippen LogP contribution is -2.50. The molecule has 1 unspecified atom stereocenters. The Labute approximate surface area is 625 Å². The van der Waals surface area contributed by atoms with Crippen molar-refractivity contribution in [1.29, 1.82) is 0 Å². The number of carbonyl (C=O) groups excluding carboxylic acids is 1. The number of para-hydroxylation sites is 2. The molecule has 22 nitrogen and oxygen atoms in total. The van der Waals surface area contributed by atoms with Crippen molar-refractivity contribution in [3.63, 3.8) is 0 Å². The number of nitrogens with zero attached hydrogens (tertiary/aromatic N) is 10. The summed E-state index contributed by atoms with van der Waals surface area (Å²) < 4.78 is 48.9. The number of benzene rings is 6. The molecular weight excluding hydrogens is 1430 g/mol. The number of ketones is 1. The quantitative estimate of drug-likeness (QED) is 0.0289. The largest absolute Gasteiger partial charge is 0.495 e. The molecule has 0 radical (unpaired) electrons. The fraction of sp³-hybridized carbons (Fsp3) is 0.355. The minimum Gasteiger partial charge on any atom is -0.495 e. The van der Waals surface area contributed by atoms with Crippen LogP contribution in [0.25, 0.3) is 0 Å². The van der Waals surface area contributed by atoms with Crippen molar-refractivity contribution in [3.05, 3.63) is 172 Å². The van der Waals surface area contributed by atoms with Crippen LogP contribution in [-0.4, -0.2) is 164 Å². The standard InChI is InChI=1S/C28H36ClN6O2P.C26H32ClN6OP.C22H24ClN4O3P/c1-37-25-18-21(35-16-12-20(13-17-35)34-14-6-7-15-34)10-11-23(25)32-28-30-19-22(29)27(33-28)31-24-8-4-5-9-26(24)38(2,3)36;1-18-15-19(33-14-13-32-12-6-7-20(32)17-33)10-11-22(18)30-26-28-16-21(27)25(31-26)29-23-8-4-5-9-24(23)35(2,3)34;1-13-10-16(31(4,5)29)7-9-18(13)26-22-24-12-17(23)21(27-22)25-19-8-6-15(14(2)28)11-20(19)30-3/h4-5,8-11,18-20H,6-7,12-17H2,1-3H3,(H2,30,31,32,33);4-5,8-11,15-16,20H,6-7,12-14,17H2,1-3H3,(H2,28,29,30,31);6-12H,1-5H3,(H2,24,25,26,27). The summed E-state index contributed by atoms with van der Waals surface area (Å²) in [5.74, 6) is 3.61. The Morgan fingerprint density at radius 3 is 1.39 bits per heavy atom. The Kier molecular flexibility index (Phi) is 25.0. The number of hydrogen-bond donors (Lipinski definition) is 6. The summed E-state index contributed by atoms with van der Waals surface area (Å²) in [6.45, 7) is 25.2. The van der Waals surface area contributed by atoms with E-state index in [4.69, 9.17) is 44.3 Å². The van der Waals surface area contributed by atoms with Crippen LogP contribution in [0.15, 0.2) is 140 Å². The normalized spacial score (nSPS) is 15.7. The number of piperidine rings is 1. The number of aromatic nitrogens is 6. The third-order valence-electron chi connectivity index (χ3n) is 19.0. The number of carbonyl (C=O) groups is 1. The minimum absolute atomic E-state index is 0.0553. The number of ether oxygens (including phenoxy) is 2. The van der Waals surface area contributed by atoms with Crippen molar-refractivity contribution >= 4 is 159 Å². The third-order valence-corrected chi connectivity index (χ3v) is 24.4. The first kappa shape index (κ1) is 76.8. The lowest BCUT2D eigenvalue weighted by Gasteiger charge is -2.39. The molecule has 4 fully saturated rings. The Hall–Kier alpha value is -8.29. The highest BCUT2D eigenvalue weighted by molar-refractivity contribution is 7.71. The number of rotatable bonds is 21. The minimum atomic E-state index is -2.50. The molecule has 1 atom stereocenters. The Bertz CT molecular complexity index is 4720. The maximum atomic E-state index is 12.8. The zero-order valence-corrected chi connectivity index (χ0v) is 65.7. The van der Waals surface area contributed by atoms with Gasteiger partial charge in [0.1, 0.15) is 48.0 Å². The Morgan fingerprint density at radius 1 is 0.452 bits per heavy atom. The van der Waals surface area contributed by atoms with Crippen molar-refractivity contribution in [1.82, 2.24) is 39.7 Å². The van der Waals surface area contributed by atoms with Crippen LogP contribution >= 0.6 is 56.2 Å². The predicted octanol–water partition coefficient (Wildman–Crippen LogP) is 16.8. The summed E-state index contributed by atoms with van der Waals surface area (Å²) in [4.78, 5) is 48.5. The molecule has 3 aromatic heterocycles. The molecule has 104 heavy (non-hydrogen) atoms. The molecular formula is C76H92Cl3N16O6P3. The average molecular weight is 1520 g/mol. The molecule has 13 rings (SSSR count). The maximum Gasteiger partial charge on any atom is 0.229 e. The Morgan fingerprint density at radius 2 is 0.894 bits per heavy atom. The van der Waals surface area contributed by atoms with E-state index in [2.05, 4.69) is 119 Å². The average Bonchev–Trinajstić information content (AvgIpc) is 1.55. The molecule has 0 saturated carbocycles. The Balaban J connectivity index is 0.000000157. The summed E-state index contributed by atoms with van der Waals surface area (Å²) in [5.41, 5.74) is 9.60. The van der Waals surface area contributed by atoms with E-state index in [1.165, 1.54) is 84.1 Å². The van der Waals surface area contributed by atoms with E-state index in [0.717, 1.165) is 100.0 Å². The van der Waals surface area contributed by atoms with Gasteiger partial charge in [-0.2, -0.15) is 15.0 Å². The van der Waals surface area contributed by atoms with Gasteiger partial charge in [-0.3, -0.25) is 9.69 Å². The van der Waals surface area contributed by atoms with Crippen molar-refractivity contribution < 1.29 is 28.0 Å².